The van der Waals surface area contributed by atoms with Crippen LogP contribution in [0.15, 0.2) is 48.5 Å². The smallest absolute Gasteiger partial charge is 0.196 e. The maximum absolute atomic E-state index is 12.4. The SMILES string of the molecule is CCCCCCCCOc1ccc(C(=O)c2ccccc2)c(O)c1.ClCCl. The minimum atomic E-state index is -0.185. The largest absolute Gasteiger partial charge is 0.507 e. The van der Waals surface area contributed by atoms with Crippen molar-refractivity contribution in [3.8, 4) is 11.5 Å². The van der Waals surface area contributed by atoms with Crippen LogP contribution in [0.25, 0.3) is 0 Å². The van der Waals surface area contributed by atoms with Crippen molar-refractivity contribution in [3.63, 3.8) is 0 Å². The summed E-state index contributed by atoms with van der Waals surface area (Å²) in [5.74, 6) is 0.380. The highest BCUT2D eigenvalue weighted by Gasteiger charge is 2.13. The van der Waals surface area contributed by atoms with Gasteiger partial charge in [0.25, 0.3) is 0 Å². The number of ketones is 1. The highest BCUT2D eigenvalue weighted by Crippen LogP contribution is 2.26. The third-order valence-corrected chi connectivity index (χ3v) is 4.02. The lowest BCUT2D eigenvalue weighted by Gasteiger charge is -2.09. The number of halogens is 2. The molecule has 0 heterocycles. The van der Waals surface area contributed by atoms with E-state index in [9.17, 15) is 9.90 Å². The van der Waals surface area contributed by atoms with E-state index in [1.165, 1.54) is 31.7 Å². The molecule has 148 valence electrons. The summed E-state index contributed by atoms with van der Waals surface area (Å²) >= 11 is 9.53. The van der Waals surface area contributed by atoms with Crippen LogP contribution in [-0.4, -0.2) is 22.8 Å². The van der Waals surface area contributed by atoms with Gasteiger partial charge in [-0.05, 0) is 18.6 Å². The molecule has 0 radical (unpaired) electrons. The molecule has 0 aromatic heterocycles. The quantitative estimate of drug-likeness (QED) is 0.266. The highest BCUT2D eigenvalue weighted by molar-refractivity contribution is 6.40. The van der Waals surface area contributed by atoms with Crippen molar-refractivity contribution in [2.75, 3.05) is 11.9 Å². The molecule has 2 aromatic rings. The van der Waals surface area contributed by atoms with Crippen molar-refractivity contribution < 1.29 is 14.6 Å². The van der Waals surface area contributed by atoms with E-state index < -0.39 is 0 Å². The molecule has 0 fully saturated rings. The molecular formula is C22H28Cl2O3. The van der Waals surface area contributed by atoms with E-state index in [1.54, 1.807) is 24.3 Å². The first-order valence-corrected chi connectivity index (χ1v) is 10.4. The Morgan fingerprint density at radius 3 is 2.22 bits per heavy atom. The normalized spacial score (nSPS) is 10.0. The van der Waals surface area contributed by atoms with Crippen molar-refractivity contribution in [1.29, 1.82) is 0 Å². The number of phenolic OH excluding ortho intramolecular Hbond substituents is 1. The zero-order valence-corrected chi connectivity index (χ0v) is 17.3. The van der Waals surface area contributed by atoms with Gasteiger partial charge < -0.3 is 9.84 Å². The first kappa shape index (κ1) is 23.3. The Labute approximate surface area is 172 Å². The zero-order chi connectivity index (χ0) is 19.9. The summed E-state index contributed by atoms with van der Waals surface area (Å²) in [5, 5.41) is 10.3. The van der Waals surface area contributed by atoms with Crippen molar-refractivity contribution in [3.05, 3.63) is 59.7 Å². The van der Waals surface area contributed by atoms with Gasteiger partial charge in [-0.1, -0.05) is 69.4 Å². The van der Waals surface area contributed by atoms with Gasteiger partial charge in [0, 0.05) is 11.6 Å². The Hall–Kier alpha value is -1.71. The third-order valence-electron chi connectivity index (χ3n) is 4.02. The maximum Gasteiger partial charge on any atom is 0.196 e. The lowest BCUT2D eigenvalue weighted by molar-refractivity contribution is 0.103. The summed E-state index contributed by atoms with van der Waals surface area (Å²) < 4.78 is 5.66. The Kier molecular flexibility index (Phi) is 12.4. The first-order chi connectivity index (χ1) is 13.1. The summed E-state index contributed by atoms with van der Waals surface area (Å²) in [4.78, 5) is 12.4. The van der Waals surface area contributed by atoms with Crippen LogP contribution in [0, 0.1) is 0 Å². The van der Waals surface area contributed by atoms with E-state index in [0.717, 1.165) is 12.8 Å². The number of carbonyl (C=O) groups is 1. The molecule has 3 nitrogen and oxygen atoms in total. The Balaban J connectivity index is 0.00000114. The fourth-order valence-corrected chi connectivity index (χ4v) is 2.61. The molecule has 0 aliphatic heterocycles. The number of rotatable bonds is 10. The summed E-state index contributed by atoms with van der Waals surface area (Å²) in [5.41, 5.74) is 0.863. The third kappa shape index (κ3) is 9.16. The Morgan fingerprint density at radius 1 is 0.963 bits per heavy atom. The molecule has 2 rings (SSSR count). The fraction of sp³-hybridized carbons (Fsp3) is 0.409. The monoisotopic (exact) mass is 410 g/mol. The van der Waals surface area contributed by atoms with Gasteiger partial charge in [0.05, 0.1) is 17.5 Å². The number of alkyl halides is 2. The number of unbranched alkanes of at least 4 members (excludes halogenated alkanes) is 5. The van der Waals surface area contributed by atoms with E-state index >= 15 is 0 Å². The molecule has 0 spiro atoms. The van der Waals surface area contributed by atoms with Crippen molar-refractivity contribution in [1.82, 2.24) is 0 Å². The van der Waals surface area contributed by atoms with Crippen LogP contribution in [0.5, 0.6) is 11.5 Å². The van der Waals surface area contributed by atoms with Gasteiger partial charge in [-0.15, -0.1) is 23.2 Å². The van der Waals surface area contributed by atoms with Gasteiger partial charge in [0.2, 0.25) is 0 Å². The molecule has 0 saturated heterocycles. The molecule has 0 aliphatic carbocycles. The minimum Gasteiger partial charge on any atom is -0.507 e. The summed E-state index contributed by atoms with van der Waals surface area (Å²) in [6.07, 6.45) is 7.25. The molecule has 0 saturated carbocycles. The van der Waals surface area contributed by atoms with Crippen molar-refractivity contribution >= 4 is 29.0 Å². The second-order valence-corrected chi connectivity index (χ2v) is 6.90. The molecule has 27 heavy (non-hydrogen) atoms. The molecule has 2 aromatic carbocycles. The Morgan fingerprint density at radius 2 is 1.59 bits per heavy atom. The molecule has 1 N–H and O–H groups in total. The van der Waals surface area contributed by atoms with Gasteiger partial charge in [-0.3, -0.25) is 4.79 Å². The van der Waals surface area contributed by atoms with Crippen LogP contribution in [0.4, 0.5) is 0 Å². The number of hydrogen-bond acceptors (Lipinski definition) is 3. The van der Waals surface area contributed by atoms with Crippen LogP contribution in [-0.2, 0) is 0 Å². The predicted molar refractivity (Wildman–Crippen MR) is 113 cm³/mol. The van der Waals surface area contributed by atoms with Gasteiger partial charge in [-0.25, -0.2) is 0 Å². The van der Waals surface area contributed by atoms with E-state index in [-0.39, 0.29) is 16.9 Å². The lowest BCUT2D eigenvalue weighted by Crippen LogP contribution is -2.02. The second-order valence-electron chi connectivity index (χ2n) is 6.09. The molecule has 0 amide bonds. The van der Waals surface area contributed by atoms with Crippen molar-refractivity contribution in [2.45, 2.75) is 45.4 Å². The maximum atomic E-state index is 12.4. The van der Waals surface area contributed by atoms with Crippen molar-refractivity contribution in [2.24, 2.45) is 0 Å². The average molecular weight is 411 g/mol. The molecule has 0 bridgehead atoms. The topological polar surface area (TPSA) is 46.5 Å². The van der Waals surface area contributed by atoms with E-state index in [1.807, 2.05) is 18.2 Å². The molecule has 0 atom stereocenters. The summed E-state index contributed by atoms with van der Waals surface area (Å²) in [6.45, 7) is 2.85. The molecule has 0 aliphatic rings. The highest BCUT2D eigenvalue weighted by atomic mass is 35.5. The lowest BCUT2D eigenvalue weighted by atomic mass is 10.0. The van der Waals surface area contributed by atoms with E-state index in [2.05, 4.69) is 6.92 Å². The Bertz CT molecular complexity index is 660. The molecular weight excluding hydrogens is 383 g/mol. The molecule has 0 unspecified atom stereocenters. The van der Waals surface area contributed by atoms with Crippen LogP contribution >= 0.6 is 23.2 Å². The first-order valence-electron chi connectivity index (χ1n) is 9.31. The van der Waals surface area contributed by atoms with Gasteiger partial charge >= 0.3 is 0 Å². The molecule has 5 heteroatoms. The average Bonchev–Trinajstić information content (AvgIpc) is 2.68. The second kappa shape index (κ2) is 14.4. The summed E-state index contributed by atoms with van der Waals surface area (Å²) in [6, 6.07) is 13.8. The van der Waals surface area contributed by atoms with E-state index in [4.69, 9.17) is 27.9 Å². The standard InChI is InChI=1S/C21H26O3.CH2Cl2/c1-2-3-4-5-6-10-15-24-18-13-14-19(20(22)16-18)21(23)17-11-8-7-9-12-17;2-1-3/h7-9,11-14,16,22H,2-6,10,15H2,1H3;1H2. The zero-order valence-electron chi connectivity index (χ0n) is 15.8. The predicted octanol–water partition coefficient (Wildman–Crippen LogP) is 6.78. The minimum absolute atomic E-state index is 0.0377. The number of benzene rings is 2. The number of ether oxygens (including phenoxy) is 1. The van der Waals surface area contributed by atoms with Crippen LogP contribution in [0.2, 0.25) is 0 Å². The van der Waals surface area contributed by atoms with Gasteiger partial charge in [0.15, 0.2) is 5.78 Å². The van der Waals surface area contributed by atoms with Gasteiger partial charge in [0.1, 0.15) is 11.5 Å². The fourth-order valence-electron chi connectivity index (χ4n) is 2.61. The van der Waals surface area contributed by atoms with Crippen LogP contribution in [0.3, 0.4) is 0 Å². The van der Waals surface area contributed by atoms with Crippen LogP contribution < -0.4 is 4.74 Å². The number of aromatic hydroxyl groups is 1. The number of phenols is 1. The van der Waals surface area contributed by atoms with E-state index in [0.29, 0.717) is 23.5 Å². The number of hydrogen-bond donors (Lipinski definition) is 1. The van der Waals surface area contributed by atoms with Crippen LogP contribution in [0.1, 0.15) is 61.4 Å². The summed E-state index contributed by atoms with van der Waals surface area (Å²) in [7, 11) is 0. The number of carbonyl (C=O) groups excluding carboxylic acids is 1. The van der Waals surface area contributed by atoms with Gasteiger partial charge in [-0.2, -0.15) is 0 Å².